The molecule has 0 radical (unpaired) electrons. The number of amides is 1. The van der Waals surface area contributed by atoms with E-state index >= 15 is 0 Å². The predicted octanol–water partition coefficient (Wildman–Crippen LogP) is 3.17. The number of hydrogen-bond acceptors (Lipinski definition) is 4. The van der Waals surface area contributed by atoms with Crippen LogP contribution in [0.2, 0.25) is 0 Å². The number of anilines is 1. The van der Waals surface area contributed by atoms with Crippen LogP contribution >= 0.6 is 31.9 Å². The first-order chi connectivity index (χ1) is 11.2. The predicted molar refractivity (Wildman–Crippen MR) is 99.3 cm³/mol. The molecule has 2 rings (SSSR count). The smallest absolute Gasteiger partial charge is 0.244 e. The van der Waals surface area contributed by atoms with Gasteiger partial charge in [0.25, 0.3) is 0 Å². The Morgan fingerprint density at radius 3 is 2.58 bits per heavy atom. The van der Waals surface area contributed by atoms with Gasteiger partial charge in [-0.1, -0.05) is 22.0 Å². The van der Waals surface area contributed by atoms with Gasteiger partial charge in [-0.3, -0.25) is 4.79 Å². The molecule has 1 heterocycles. The lowest BCUT2D eigenvalue weighted by atomic mass is 10.3. The lowest BCUT2D eigenvalue weighted by Gasteiger charge is -2.18. The summed E-state index contributed by atoms with van der Waals surface area (Å²) in [6.45, 7) is 1.56. The van der Waals surface area contributed by atoms with Crippen molar-refractivity contribution in [3.63, 3.8) is 0 Å². The number of carbonyl (C=O) groups excluding carboxylic acids is 1. The molecule has 0 fully saturated rings. The second kappa shape index (κ2) is 7.73. The fraction of sp³-hybridized carbons (Fsp3) is 0.200. The molecule has 0 aliphatic carbocycles. The van der Waals surface area contributed by atoms with Crippen LogP contribution in [0, 0.1) is 6.92 Å². The van der Waals surface area contributed by atoms with Gasteiger partial charge in [0.15, 0.2) is 0 Å². The van der Waals surface area contributed by atoms with Crippen molar-refractivity contribution in [2.24, 2.45) is 0 Å². The van der Waals surface area contributed by atoms with Gasteiger partial charge in [-0.05, 0) is 52.7 Å². The molecule has 1 aromatic carbocycles. The molecule has 0 atom stereocenters. The second-order valence-corrected chi connectivity index (χ2v) is 8.89. The van der Waals surface area contributed by atoms with Crippen molar-refractivity contribution in [1.82, 2.24) is 9.29 Å². The minimum absolute atomic E-state index is 0.0839. The third kappa shape index (κ3) is 4.62. The van der Waals surface area contributed by atoms with Gasteiger partial charge >= 0.3 is 0 Å². The number of aromatic nitrogens is 1. The molecule has 0 saturated heterocycles. The number of carbonyl (C=O) groups is 1. The molecule has 0 bridgehead atoms. The summed E-state index contributed by atoms with van der Waals surface area (Å²) >= 11 is 6.47. The molecule has 1 N–H and O–H groups in total. The summed E-state index contributed by atoms with van der Waals surface area (Å²) in [5.41, 5.74) is 0.965. The minimum atomic E-state index is -3.81. The Kier molecular flexibility index (Phi) is 6.13. The Morgan fingerprint density at radius 2 is 1.96 bits per heavy atom. The third-order valence-electron chi connectivity index (χ3n) is 3.13. The van der Waals surface area contributed by atoms with E-state index in [0.717, 1.165) is 9.87 Å². The highest BCUT2D eigenvalue weighted by molar-refractivity contribution is 9.11. The molecule has 0 aliphatic heterocycles. The van der Waals surface area contributed by atoms with Crippen LogP contribution < -0.4 is 5.32 Å². The van der Waals surface area contributed by atoms with E-state index in [1.807, 2.05) is 13.0 Å². The number of nitrogens with zero attached hydrogens (tertiary/aromatic N) is 2. The van der Waals surface area contributed by atoms with Gasteiger partial charge in [0, 0.05) is 22.2 Å². The van der Waals surface area contributed by atoms with E-state index in [9.17, 15) is 13.2 Å². The van der Waals surface area contributed by atoms with E-state index < -0.39 is 15.9 Å². The highest BCUT2D eigenvalue weighted by Crippen LogP contribution is 2.27. The standard InChI is InChI=1S/C15H15Br2N3O3S/c1-10-3-6-14(18-8-10)19-15(21)9-20(2)24(22,23)13-7-11(16)4-5-12(13)17/h3-8H,9H2,1-2H3,(H,18,19,21). The number of halogens is 2. The summed E-state index contributed by atoms with van der Waals surface area (Å²) in [6.07, 6.45) is 1.62. The Labute approximate surface area is 157 Å². The lowest BCUT2D eigenvalue weighted by molar-refractivity contribution is -0.116. The molecular weight excluding hydrogens is 462 g/mol. The largest absolute Gasteiger partial charge is 0.310 e. The number of likely N-dealkylation sites (N-methyl/N-ethyl adjacent to an activating group) is 1. The van der Waals surface area contributed by atoms with Gasteiger partial charge in [0.1, 0.15) is 5.82 Å². The summed E-state index contributed by atoms with van der Waals surface area (Å²) in [5, 5.41) is 2.57. The quantitative estimate of drug-likeness (QED) is 0.718. The molecule has 0 aliphatic rings. The van der Waals surface area contributed by atoms with Crippen molar-refractivity contribution in [2.75, 3.05) is 18.9 Å². The van der Waals surface area contributed by atoms with Gasteiger partial charge in [-0.15, -0.1) is 0 Å². The molecule has 1 amide bonds. The van der Waals surface area contributed by atoms with Crippen molar-refractivity contribution < 1.29 is 13.2 Å². The van der Waals surface area contributed by atoms with Crippen LogP contribution in [0.1, 0.15) is 5.56 Å². The molecule has 1 aromatic heterocycles. The van der Waals surface area contributed by atoms with Crippen LogP contribution in [0.5, 0.6) is 0 Å². The van der Waals surface area contributed by atoms with Crippen LogP contribution in [0.25, 0.3) is 0 Å². The summed E-state index contributed by atoms with van der Waals surface area (Å²) < 4.78 is 27.3. The fourth-order valence-corrected chi connectivity index (χ4v) is 4.44. The average molecular weight is 477 g/mol. The first kappa shape index (κ1) is 19.0. The summed E-state index contributed by atoms with van der Waals surface area (Å²) in [4.78, 5) is 16.2. The van der Waals surface area contributed by atoms with E-state index in [0.29, 0.717) is 14.8 Å². The van der Waals surface area contributed by atoms with E-state index in [2.05, 4.69) is 42.2 Å². The Hall–Kier alpha value is -1.29. The maximum Gasteiger partial charge on any atom is 0.244 e. The zero-order valence-electron chi connectivity index (χ0n) is 13.0. The van der Waals surface area contributed by atoms with Gasteiger partial charge < -0.3 is 5.32 Å². The Balaban J connectivity index is 2.12. The number of sulfonamides is 1. The Morgan fingerprint density at radius 1 is 1.25 bits per heavy atom. The normalized spacial score (nSPS) is 11.5. The van der Waals surface area contributed by atoms with Crippen molar-refractivity contribution >= 4 is 53.6 Å². The molecule has 6 nitrogen and oxygen atoms in total. The molecule has 128 valence electrons. The van der Waals surface area contributed by atoms with Gasteiger partial charge in [-0.2, -0.15) is 4.31 Å². The molecule has 0 spiro atoms. The highest BCUT2D eigenvalue weighted by Gasteiger charge is 2.25. The number of nitrogens with one attached hydrogen (secondary N) is 1. The van der Waals surface area contributed by atoms with E-state index in [4.69, 9.17) is 0 Å². The van der Waals surface area contributed by atoms with Crippen LogP contribution in [-0.4, -0.2) is 37.2 Å². The Bertz CT molecular complexity index is 855. The van der Waals surface area contributed by atoms with Crippen molar-refractivity contribution in [3.05, 3.63) is 51.0 Å². The van der Waals surface area contributed by atoms with Gasteiger partial charge in [0.05, 0.1) is 11.4 Å². The number of pyridine rings is 1. The van der Waals surface area contributed by atoms with E-state index in [-0.39, 0.29) is 11.4 Å². The lowest BCUT2D eigenvalue weighted by Crippen LogP contribution is -2.35. The topological polar surface area (TPSA) is 79.4 Å². The SMILES string of the molecule is Cc1ccc(NC(=O)CN(C)S(=O)(=O)c2cc(Br)ccc2Br)nc1. The summed E-state index contributed by atoms with van der Waals surface area (Å²) in [5.74, 6) is -0.0939. The average Bonchev–Trinajstić information content (AvgIpc) is 2.51. The van der Waals surface area contributed by atoms with Crippen LogP contribution in [-0.2, 0) is 14.8 Å². The van der Waals surface area contributed by atoms with Crippen molar-refractivity contribution in [1.29, 1.82) is 0 Å². The number of benzene rings is 1. The van der Waals surface area contributed by atoms with Crippen LogP contribution in [0.15, 0.2) is 50.4 Å². The maximum atomic E-state index is 12.6. The monoisotopic (exact) mass is 475 g/mol. The van der Waals surface area contributed by atoms with Crippen molar-refractivity contribution in [3.8, 4) is 0 Å². The summed E-state index contributed by atoms with van der Waals surface area (Å²) in [7, 11) is -2.46. The maximum absolute atomic E-state index is 12.6. The first-order valence-electron chi connectivity index (χ1n) is 6.84. The molecule has 2 aromatic rings. The van der Waals surface area contributed by atoms with E-state index in [1.54, 1.807) is 24.4 Å². The van der Waals surface area contributed by atoms with E-state index in [1.165, 1.54) is 13.1 Å². The number of aryl methyl sites for hydroxylation is 1. The first-order valence-corrected chi connectivity index (χ1v) is 9.86. The summed E-state index contributed by atoms with van der Waals surface area (Å²) in [6, 6.07) is 8.30. The van der Waals surface area contributed by atoms with Crippen LogP contribution in [0.3, 0.4) is 0 Å². The third-order valence-corrected chi connectivity index (χ3v) is 6.42. The highest BCUT2D eigenvalue weighted by atomic mass is 79.9. The van der Waals surface area contributed by atoms with Crippen LogP contribution in [0.4, 0.5) is 5.82 Å². The molecule has 24 heavy (non-hydrogen) atoms. The minimum Gasteiger partial charge on any atom is -0.310 e. The number of hydrogen-bond donors (Lipinski definition) is 1. The fourth-order valence-electron chi connectivity index (χ4n) is 1.85. The van der Waals surface area contributed by atoms with Gasteiger partial charge in [-0.25, -0.2) is 13.4 Å². The zero-order valence-corrected chi connectivity index (χ0v) is 16.9. The molecule has 0 saturated carbocycles. The molecular formula is C15H15Br2N3O3S. The van der Waals surface area contributed by atoms with Crippen molar-refractivity contribution in [2.45, 2.75) is 11.8 Å². The second-order valence-electron chi connectivity index (χ2n) is 5.10. The molecule has 0 unspecified atom stereocenters. The zero-order chi connectivity index (χ0) is 17.9. The number of rotatable bonds is 5. The molecule has 9 heteroatoms. The van der Waals surface area contributed by atoms with Gasteiger partial charge in [0.2, 0.25) is 15.9 Å².